The van der Waals surface area contributed by atoms with Gasteiger partial charge in [0.15, 0.2) is 0 Å². The molecule has 110 valence electrons. The van der Waals surface area contributed by atoms with Crippen LogP contribution < -0.4 is 10.6 Å². The molecular weight excluding hydrogens is 260 g/mol. The lowest BCUT2D eigenvalue weighted by Gasteiger charge is -2.24. The van der Waals surface area contributed by atoms with Gasteiger partial charge >= 0.3 is 0 Å². The van der Waals surface area contributed by atoms with Gasteiger partial charge in [0.2, 0.25) is 0 Å². The quantitative estimate of drug-likeness (QED) is 0.884. The Bertz CT molecular complexity index is 550. The van der Waals surface area contributed by atoms with Crippen LogP contribution in [-0.4, -0.2) is 32.3 Å². The number of para-hydroxylation sites is 1. The molecule has 0 bridgehead atoms. The van der Waals surface area contributed by atoms with E-state index in [1.54, 1.807) is 0 Å². The van der Waals surface area contributed by atoms with Crippen molar-refractivity contribution in [2.75, 3.05) is 31.6 Å². The highest BCUT2D eigenvalue weighted by Crippen LogP contribution is 2.19. The molecule has 2 aromatic carbocycles. The Morgan fingerprint density at radius 3 is 2.67 bits per heavy atom. The van der Waals surface area contributed by atoms with Crippen molar-refractivity contribution in [2.24, 2.45) is 0 Å². The largest absolute Gasteiger partial charge is 0.382 e. The predicted molar refractivity (Wildman–Crippen MR) is 86.8 cm³/mol. The van der Waals surface area contributed by atoms with E-state index in [-0.39, 0.29) is 6.10 Å². The van der Waals surface area contributed by atoms with Gasteiger partial charge in [-0.05, 0) is 23.6 Å². The maximum atomic E-state index is 5.73. The zero-order valence-corrected chi connectivity index (χ0v) is 12.2. The van der Waals surface area contributed by atoms with Crippen LogP contribution in [0.25, 0.3) is 0 Å². The first-order valence-corrected chi connectivity index (χ1v) is 7.60. The van der Waals surface area contributed by atoms with E-state index in [4.69, 9.17) is 4.74 Å². The number of ether oxygens (including phenoxy) is 1. The van der Waals surface area contributed by atoms with Crippen LogP contribution in [-0.2, 0) is 11.2 Å². The summed E-state index contributed by atoms with van der Waals surface area (Å²) in [6.45, 7) is 3.53. The Morgan fingerprint density at radius 1 is 1.05 bits per heavy atom. The number of hydrogen-bond acceptors (Lipinski definition) is 3. The zero-order valence-electron chi connectivity index (χ0n) is 12.2. The van der Waals surface area contributed by atoms with Crippen LogP contribution in [0.5, 0.6) is 0 Å². The molecule has 1 saturated heterocycles. The molecule has 0 radical (unpaired) electrons. The lowest BCUT2D eigenvalue weighted by molar-refractivity contribution is 0.0372. The lowest BCUT2D eigenvalue weighted by atomic mass is 10.0. The number of nitrogens with one attached hydrogen (secondary N) is 2. The molecule has 21 heavy (non-hydrogen) atoms. The number of morpholine rings is 1. The Morgan fingerprint density at radius 2 is 1.86 bits per heavy atom. The summed E-state index contributed by atoms with van der Waals surface area (Å²) in [5.41, 5.74) is 3.87. The van der Waals surface area contributed by atoms with Gasteiger partial charge in [-0.3, -0.25) is 0 Å². The van der Waals surface area contributed by atoms with Crippen LogP contribution in [0.3, 0.4) is 0 Å². The van der Waals surface area contributed by atoms with Gasteiger partial charge in [0.1, 0.15) is 0 Å². The predicted octanol–water partition coefficient (Wildman–Crippen LogP) is 2.68. The molecule has 0 aliphatic carbocycles. The van der Waals surface area contributed by atoms with E-state index >= 15 is 0 Å². The summed E-state index contributed by atoms with van der Waals surface area (Å²) in [4.78, 5) is 0. The normalized spacial score (nSPS) is 18.4. The van der Waals surface area contributed by atoms with E-state index in [9.17, 15) is 0 Å². The lowest BCUT2D eigenvalue weighted by Crippen LogP contribution is -2.42. The SMILES string of the molecule is c1ccc(Cc2ccccc2NCC2CNCCO2)cc1. The molecule has 1 fully saturated rings. The second-order valence-corrected chi connectivity index (χ2v) is 5.40. The smallest absolute Gasteiger partial charge is 0.0872 e. The van der Waals surface area contributed by atoms with Crippen molar-refractivity contribution in [1.29, 1.82) is 0 Å². The van der Waals surface area contributed by atoms with Gasteiger partial charge in [-0.1, -0.05) is 48.5 Å². The molecule has 3 nitrogen and oxygen atoms in total. The summed E-state index contributed by atoms with van der Waals surface area (Å²) in [6.07, 6.45) is 1.21. The second kappa shape index (κ2) is 7.25. The topological polar surface area (TPSA) is 33.3 Å². The van der Waals surface area contributed by atoms with Crippen molar-refractivity contribution in [2.45, 2.75) is 12.5 Å². The minimum absolute atomic E-state index is 0.253. The molecule has 2 N–H and O–H groups in total. The van der Waals surface area contributed by atoms with Crippen LogP contribution in [0.4, 0.5) is 5.69 Å². The van der Waals surface area contributed by atoms with Crippen molar-refractivity contribution >= 4 is 5.69 Å². The molecule has 1 atom stereocenters. The van der Waals surface area contributed by atoms with Gasteiger partial charge in [0.25, 0.3) is 0 Å². The average Bonchev–Trinajstić information content (AvgIpc) is 2.56. The highest BCUT2D eigenvalue weighted by atomic mass is 16.5. The summed E-state index contributed by atoms with van der Waals surface area (Å²) in [6, 6.07) is 19.1. The minimum atomic E-state index is 0.253. The number of benzene rings is 2. The summed E-state index contributed by atoms with van der Waals surface area (Å²) in [5, 5.41) is 6.90. The maximum absolute atomic E-state index is 5.73. The zero-order chi connectivity index (χ0) is 14.3. The average molecular weight is 282 g/mol. The third-order valence-corrected chi connectivity index (χ3v) is 3.78. The fourth-order valence-electron chi connectivity index (χ4n) is 2.64. The molecule has 0 spiro atoms. The van der Waals surface area contributed by atoms with Gasteiger partial charge in [0.05, 0.1) is 12.7 Å². The van der Waals surface area contributed by atoms with Crippen molar-refractivity contribution in [1.82, 2.24) is 5.32 Å². The van der Waals surface area contributed by atoms with Crippen LogP contribution >= 0.6 is 0 Å². The van der Waals surface area contributed by atoms with Gasteiger partial charge in [0, 0.05) is 25.3 Å². The van der Waals surface area contributed by atoms with Crippen LogP contribution in [0, 0.1) is 0 Å². The third kappa shape index (κ3) is 4.06. The Labute approximate surface area is 126 Å². The number of hydrogen-bond donors (Lipinski definition) is 2. The van der Waals surface area contributed by atoms with Crippen molar-refractivity contribution in [3.05, 3.63) is 65.7 Å². The molecule has 3 heteroatoms. The fourth-order valence-corrected chi connectivity index (χ4v) is 2.64. The summed E-state index contributed by atoms with van der Waals surface area (Å²) >= 11 is 0. The van der Waals surface area contributed by atoms with Crippen LogP contribution in [0.15, 0.2) is 54.6 Å². The van der Waals surface area contributed by atoms with Crippen molar-refractivity contribution < 1.29 is 4.74 Å². The first kappa shape index (κ1) is 14.1. The Balaban J connectivity index is 1.64. The molecule has 0 aromatic heterocycles. The molecule has 1 unspecified atom stereocenters. The van der Waals surface area contributed by atoms with Crippen LogP contribution in [0.1, 0.15) is 11.1 Å². The number of rotatable bonds is 5. The first-order valence-electron chi connectivity index (χ1n) is 7.60. The standard InChI is InChI=1S/C18H22N2O/c1-2-6-15(7-3-1)12-16-8-4-5-9-18(16)20-14-17-13-19-10-11-21-17/h1-9,17,19-20H,10-14H2. The first-order chi connectivity index (χ1) is 10.4. The second-order valence-electron chi connectivity index (χ2n) is 5.40. The van der Waals surface area contributed by atoms with E-state index in [2.05, 4.69) is 65.2 Å². The van der Waals surface area contributed by atoms with Gasteiger partial charge in [-0.2, -0.15) is 0 Å². The maximum Gasteiger partial charge on any atom is 0.0872 e. The van der Waals surface area contributed by atoms with E-state index < -0.39 is 0 Å². The Kier molecular flexibility index (Phi) is 4.87. The van der Waals surface area contributed by atoms with E-state index in [1.807, 2.05) is 0 Å². The Hall–Kier alpha value is -1.84. The molecule has 1 aliphatic heterocycles. The molecular formula is C18H22N2O. The van der Waals surface area contributed by atoms with Gasteiger partial charge in [-0.15, -0.1) is 0 Å². The highest BCUT2D eigenvalue weighted by Gasteiger charge is 2.13. The fraction of sp³-hybridized carbons (Fsp3) is 0.333. The van der Waals surface area contributed by atoms with Crippen molar-refractivity contribution in [3.63, 3.8) is 0 Å². The summed E-state index contributed by atoms with van der Waals surface area (Å²) < 4.78 is 5.73. The molecule has 2 aromatic rings. The van der Waals surface area contributed by atoms with E-state index in [0.29, 0.717) is 0 Å². The molecule has 0 saturated carbocycles. The number of anilines is 1. The summed E-state index contributed by atoms with van der Waals surface area (Å²) in [7, 11) is 0. The van der Waals surface area contributed by atoms with E-state index in [0.717, 1.165) is 32.7 Å². The molecule has 0 amide bonds. The van der Waals surface area contributed by atoms with Crippen LogP contribution in [0.2, 0.25) is 0 Å². The van der Waals surface area contributed by atoms with E-state index in [1.165, 1.54) is 16.8 Å². The molecule has 3 rings (SSSR count). The summed E-state index contributed by atoms with van der Waals surface area (Å²) in [5.74, 6) is 0. The monoisotopic (exact) mass is 282 g/mol. The third-order valence-electron chi connectivity index (χ3n) is 3.78. The van der Waals surface area contributed by atoms with Crippen molar-refractivity contribution in [3.8, 4) is 0 Å². The molecule has 1 heterocycles. The highest BCUT2D eigenvalue weighted by molar-refractivity contribution is 5.52. The molecule has 1 aliphatic rings. The van der Waals surface area contributed by atoms with Gasteiger partial charge < -0.3 is 15.4 Å². The van der Waals surface area contributed by atoms with Gasteiger partial charge in [-0.25, -0.2) is 0 Å². The minimum Gasteiger partial charge on any atom is -0.382 e.